The van der Waals surface area contributed by atoms with E-state index in [0.29, 0.717) is 0 Å². The van der Waals surface area contributed by atoms with Crippen LogP contribution in [-0.4, -0.2) is 22.4 Å². The van der Waals surface area contributed by atoms with Gasteiger partial charge in [-0.1, -0.05) is 121 Å². The van der Waals surface area contributed by atoms with E-state index in [0.717, 1.165) is 33.6 Å². The number of benzene rings is 4. The Balaban J connectivity index is 0.000000214. The summed E-state index contributed by atoms with van der Waals surface area (Å²) in [5.41, 5.74) is 8.70. The topological polar surface area (TPSA) is 62.6 Å². The summed E-state index contributed by atoms with van der Waals surface area (Å²) < 4.78 is 4.59. The van der Waals surface area contributed by atoms with Gasteiger partial charge in [-0.15, -0.1) is 0 Å². The molecule has 0 radical (unpaired) electrons. The minimum atomic E-state index is -1.69. The van der Waals surface area contributed by atoms with Crippen LogP contribution in [-0.2, 0) is 11.3 Å². The fourth-order valence-electron chi connectivity index (χ4n) is 3.81. The zero-order valence-corrected chi connectivity index (χ0v) is 20.2. The normalized spacial score (nSPS) is 10.3. The number of rotatable bonds is 6. The molecule has 1 heterocycles. The first-order chi connectivity index (χ1) is 17.6. The SMILES string of the molecule is Cc1cccc(COB(O)O)c1.c1ccc(-c2cc(-c3ccccc3)nc(-c3ccccc3)c2)cc1. The Morgan fingerprint density at radius 3 is 1.56 bits per heavy atom. The Hall–Kier alpha value is -4.03. The van der Waals surface area contributed by atoms with Crippen LogP contribution in [0.15, 0.2) is 127 Å². The highest BCUT2D eigenvalue weighted by Gasteiger charge is 2.09. The van der Waals surface area contributed by atoms with Crippen molar-refractivity contribution in [3.05, 3.63) is 139 Å². The third-order valence-electron chi connectivity index (χ3n) is 5.55. The molecule has 5 rings (SSSR count). The molecule has 4 nitrogen and oxygen atoms in total. The van der Waals surface area contributed by atoms with E-state index in [4.69, 9.17) is 15.0 Å². The Morgan fingerprint density at radius 1 is 0.583 bits per heavy atom. The highest BCUT2D eigenvalue weighted by Crippen LogP contribution is 2.29. The molecular formula is C31H28BNO3. The molecule has 0 bridgehead atoms. The first-order valence-electron chi connectivity index (χ1n) is 11.8. The summed E-state index contributed by atoms with van der Waals surface area (Å²) in [5.74, 6) is 0. The molecule has 0 aliphatic carbocycles. The summed E-state index contributed by atoms with van der Waals surface area (Å²) in [5, 5.41) is 16.8. The van der Waals surface area contributed by atoms with Crippen LogP contribution in [0.3, 0.4) is 0 Å². The molecule has 0 spiro atoms. The lowest BCUT2D eigenvalue weighted by Gasteiger charge is -2.10. The van der Waals surface area contributed by atoms with Crippen LogP contribution in [0.1, 0.15) is 11.1 Å². The summed E-state index contributed by atoms with van der Waals surface area (Å²) in [7, 11) is -1.69. The summed E-state index contributed by atoms with van der Waals surface area (Å²) in [6.45, 7) is 2.19. The molecule has 5 heteroatoms. The first kappa shape index (κ1) is 25.1. The van der Waals surface area contributed by atoms with Gasteiger partial charge in [0.25, 0.3) is 0 Å². The first-order valence-corrected chi connectivity index (χ1v) is 11.8. The molecule has 0 aliphatic heterocycles. The molecular weight excluding hydrogens is 445 g/mol. The average molecular weight is 473 g/mol. The Morgan fingerprint density at radius 2 is 1.08 bits per heavy atom. The standard InChI is InChI=1S/C23H17N.C8H11BO3/c1-4-10-18(11-5-1)21-16-22(19-12-6-2-7-13-19)24-23(17-21)20-14-8-3-9-15-20;1-7-3-2-4-8(5-7)6-12-9(10)11/h1-17H;2-5,10-11H,6H2,1H3. The number of hydrogen-bond acceptors (Lipinski definition) is 4. The van der Waals surface area contributed by atoms with E-state index < -0.39 is 7.32 Å². The molecule has 0 amide bonds. The van der Waals surface area contributed by atoms with Crippen molar-refractivity contribution in [2.45, 2.75) is 13.5 Å². The summed E-state index contributed by atoms with van der Waals surface area (Å²) >= 11 is 0. The molecule has 4 aromatic carbocycles. The van der Waals surface area contributed by atoms with E-state index in [1.54, 1.807) is 0 Å². The zero-order chi connectivity index (χ0) is 25.2. The Labute approximate surface area is 212 Å². The summed E-state index contributed by atoms with van der Waals surface area (Å²) in [6.07, 6.45) is 0. The van der Waals surface area contributed by atoms with Crippen LogP contribution in [0.5, 0.6) is 0 Å². The van der Waals surface area contributed by atoms with Gasteiger partial charge in [0.1, 0.15) is 0 Å². The summed E-state index contributed by atoms with van der Waals surface area (Å²) in [6, 6.07) is 43.1. The highest BCUT2D eigenvalue weighted by molar-refractivity contribution is 6.32. The molecule has 1 aromatic heterocycles. The maximum Gasteiger partial charge on any atom is 0.634 e. The lowest BCUT2D eigenvalue weighted by Crippen LogP contribution is -2.16. The van der Waals surface area contributed by atoms with Crippen LogP contribution in [0.2, 0.25) is 0 Å². The number of pyridine rings is 1. The quantitative estimate of drug-likeness (QED) is 0.274. The van der Waals surface area contributed by atoms with Gasteiger partial charge in [-0.05, 0) is 35.7 Å². The van der Waals surface area contributed by atoms with Crippen molar-refractivity contribution in [3.8, 4) is 33.6 Å². The number of aromatic nitrogens is 1. The molecule has 0 saturated heterocycles. The second kappa shape index (κ2) is 12.6. The second-order valence-corrected chi connectivity index (χ2v) is 8.35. The fourth-order valence-corrected chi connectivity index (χ4v) is 3.81. The fraction of sp³-hybridized carbons (Fsp3) is 0.0645. The molecule has 5 aromatic rings. The van der Waals surface area contributed by atoms with Gasteiger partial charge in [-0.2, -0.15) is 0 Å². The van der Waals surface area contributed by atoms with E-state index in [1.165, 1.54) is 11.1 Å². The Bertz CT molecular complexity index is 1220. The van der Waals surface area contributed by atoms with Crippen LogP contribution in [0.4, 0.5) is 0 Å². The molecule has 0 fully saturated rings. The maximum absolute atomic E-state index is 8.42. The third-order valence-corrected chi connectivity index (χ3v) is 5.55. The van der Waals surface area contributed by atoms with E-state index in [2.05, 4.69) is 65.3 Å². The van der Waals surface area contributed by atoms with Gasteiger partial charge in [0.15, 0.2) is 0 Å². The molecule has 0 atom stereocenters. The van der Waals surface area contributed by atoms with Crippen molar-refractivity contribution in [1.82, 2.24) is 4.98 Å². The van der Waals surface area contributed by atoms with Crippen molar-refractivity contribution in [3.63, 3.8) is 0 Å². The lowest BCUT2D eigenvalue weighted by atomic mass is 10.00. The second-order valence-electron chi connectivity index (χ2n) is 8.35. The van der Waals surface area contributed by atoms with Crippen molar-refractivity contribution in [1.29, 1.82) is 0 Å². The number of hydrogen-bond donors (Lipinski definition) is 2. The molecule has 0 saturated carbocycles. The van der Waals surface area contributed by atoms with Gasteiger partial charge in [0.2, 0.25) is 0 Å². The number of aryl methyl sites for hydroxylation is 1. The van der Waals surface area contributed by atoms with Gasteiger partial charge >= 0.3 is 7.32 Å². The minimum Gasteiger partial charge on any atom is -0.402 e. The number of nitrogens with zero attached hydrogens (tertiary/aromatic N) is 1. The van der Waals surface area contributed by atoms with Gasteiger partial charge in [-0.3, -0.25) is 0 Å². The van der Waals surface area contributed by atoms with Crippen molar-refractivity contribution in [2.75, 3.05) is 0 Å². The van der Waals surface area contributed by atoms with Gasteiger partial charge < -0.3 is 14.7 Å². The van der Waals surface area contributed by atoms with Crippen molar-refractivity contribution in [2.24, 2.45) is 0 Å². The minimum absolute atomic E-state index is 0.222. The molecule has 2 N–H and O–H groups in total. The van der Waals surface area contributed by atoms with E-state index >= 15 is 0 Å². The molecule has 36 heavy (non-hydrogen) atoms. The molecule has 0 aliphatic rings. The van der Waals surface area contributed by atoms with Gasteiger partial charge in [-0.25, -0.2) is 4.98 Å². The predicted molar refractivity (Wildman–Crippen MR) is 147 cm³/mol. The average Bonchev–Trinajstić information content (AvgIpc) is 2.93. The third kappa shape index (κ3) is 7.24. The van der Waals surface area contributed by atoms with Gasteiger partial charge in [0, 0.05) is 11.1 Å². The molecule has 178 valence electrons. The highest BCUT2D eigenvalue weighted by atomic mass is 16.6. The van der Waals surface area contributed by atoms with Crippen LogP contribution in [0, 0.1) is 6.92 Å². The lowest BCUT2D eigenvalue weighted by molar-refractivity contribution is 0.177. The summed E-state index contributed by atoms with van der Waals surface area (Å²) in [4.78, 5) is 4.90. The zero-order valence-electron chi connectivity index (χ0n) is 20.2. The Kier molecular flexibility index (Phi) is 8.79. The smallest absolute Gasteiger partial charge is 0.402 e. The van der Waals surface area contributed by atoms with E-state index in [-0.39, 0.29) is 6.61 Å². The van der Waals surface area contributed by atoms with E-state index in [1.807, 2.05) is 73.7 Å². The molecule has 0 unspecified atom stereocenters. The van der Waals surface area contributed by atoms with Crippen LogP contribution >= 0.6 is 0 Å². The van der Waals surface area contributed by atoms with Crippen LogP contribution < -0.4 is 0 Å². The largest absolute Gasteiger partial charge is 0.634 e. The van der Waals surface area contributed by atoms with Crippen molar-refractivity contribution < 1.29 is 14.7 Å². The maximum atomic E-state index is 8.42. The monoisotopic (exact) mass is 473 g/mol. The van der Waals surface area contributed by atoms with Crippen molar-refractivity contribution >= 4 is 7.32 Å². The van der Waals surface area contributed by atoms with Gasteiger partial charge in [0.05, 0.1) is 18.0 Å². The predicted octanol–water partition coefficient (Wildman–Crippen LogP) is 6.56. The van der Waals surface area contributed by atoms with Crippen LogP contribution in [0.25, 0.3) is 33.6 Å². The van der Waals surface area contributed by atoms with E-state index in [9.17, 15) is 0 Å².